The summed E-state index contributed by atoms with van der Waals surface area (Å²) in [7, 11) is 1.94. The first-order valence-electron chi connectivity index (χ1n) is 6.79. The quantitative estimate of drug-likeness (QED) is 0.794. The predicted octanol–water partition coefficient (Wildman–Crippen LogP) is 2.03. The summed E-state index contributed by atoms with van der Waals surface area (Å²) in [6, 6.07) is 9.03. The molecule has 0 radical (unpaired) electrons. The number of anilines is 2. The molecule has 21 heavy (non-hydrogen) atoms. The molecular weight excluding hydrogens is 268 g/mol. The van der Waals surface area contributed by atoms with E-state index in [1.54, 1.807) is 12.1 Å². The van der Waals surface area contributed by atoms with Gasteiger partial charge in [0.15, 0.2) is 0 Å². The van der Waals surface area contributed by atoms with Crippen LogP contribution >= 0.6 is 0 Å². The normalized spacial score (nSPS) is 10.8. The summed E-state index contributed by atoms with van der Waals surface area (Å²) < 4.78 is 5.01. The lowest BCUT2D eigenvalue weighted by Crippen LogP contribution is -2.24. The molecular formula is C15H20N4O2. The number of aryl methyl sites for hydroxylation is 1. The molecule has 1 aromatic carbocycles. The van der Waals surface area contributed by atoms with Crippen molar-refractivity contribution in [3.05, 3.63) is 41.8 Å². The molecule has 0 fully saturated rings. The first-order valence-corrected chi connectivity index (χ1v) is 6.79. The maximum Gasteiger partial charge on any atom is 0.225 e. The zero-order chi connectivity index (χ0) is 15.2. The highest BCUT2D eigenvalue weighted by molar-refractivity contribution is 5.91. The molecule has 112 valence electrons. The minimum atomic E-state index is -0.0382. The molecule has 1 aromatic heterocycles. The zero-order valence-electron chi connectivity index (χ0n) is 12.3. The molecule has 2 aromatic rings. The fraction of sp³-hybridized carbons (Fsp3) is 0.333. The molecule has 0 aliphatic heterocycles. The van der Waals surface area contributed by atoms with Gasteiger partial charge >= 0.3 is 0 Å². The van der Waals surface area contributed by atoms with E-state index >= 15 is 0 Å². The molecule has 0 atom stereocenters. The van der Waals surface area contributed by atoms with Gasteiger partial charge in [0.2, 0.25) is 5.91 Å². The average molecular weight is 288 g/mol. The molecule has 0 spiro atoms. The monoisotopic (exact) mass is 288 g/mol. The van der Waals surface area contributed by atoms with E-state index in [-0.39, 0.29) is 5.91 Å². The molecule has 0 aliphatic carbocycles. The Morgan fingerprint density at radius 2 is 2.24 bits per heavy atom. The predicted molar refractivity (Wildman–Crippen MR) is 81.7 cm³/mol. The fourth-order valence-electron chi connectivity index (χ4n) is 1.98. The molecule has 1 heterocycles. The molecule has 6 heteroatoms. The third-order valence-corrected chi connectivity index (χ3v) is 3.00. The van der Waals surface area contributed by atoms with Crippen LogP contribution in [0, 0.1) is 6.92 Å². The van der Waals surface area contributed by atoms with Gasteiger partial charge in [-0.05, 0) is 32.2 Å². The molecule has 0 aliphatic rings. The average Bonchev–Trinajstić information content (AvgIpc) is 2.82. The lowest BCUT2D eigenvalue weighted by Gasteiger charge is -2.14. The summed E-state index contributed by atoms with van der Waals surface area (Å²) in [5, 5.41) is 6.76. The first-order chi connectivity index (χ1) is 10.0. The smallest absolute Gasteiger partial charge is 0.225 e. The number of rotatable bonds is 6. The standard InChI is InChI=1S/C15H20N4O2/c1-11-8-14(18-21-11)10-19(2)7-6-15(20)17-13-5-3-4-12(16)9-13/h3-5,8-9H,6-7,10,16H2,1-2H3,(H,17,20). The summed E-state index contributed by atoms with van der Waals surface area (Å²) in [6.07, 6.45) is 0.405. The number of nitrogens with two attached hydrogens (primary N) is 1. The largest absolute Gasteiger partial charge is 0.399 e. The Hall–Kier alpha value is -2.34. The van der Waals surface area contributed by atoms with Gasteiger partial charge in [-0.25, -0.2) is 0 Å². The first kappa shape index (κ1) is 15.1. The molecule has 6 nitrogen and oxygen atoms in total. The summed E-state index contributed by atoms with van der Waals surface area (Å²) in [5.41, 5.74) is 7.88. The Bertz CT molecular complexity index is 609. The number of nitrogens with zero attached hydrogens (tertiary/aromatic N) is 2. The number of aromatic nitrogens is 1. The van der Waals surface area contributed by atoms with Crippen molar-refractivity contribution >= 4 is 17.3 Å². The summed E-state index contributed by atoms with van der Waals surface area (Å²) in [5.74, 6) is 0.751. The van der Waals surface area contributed by atoms with Crippen molar-refractivity contribution in [2.45, 2.75) is 19.9 Å². The molecule has 2 rings (SSSR count). The van der Waals surface area contributed by atoms with Crippen LogP contribution in [-0.2, 0) is 11.3 Å². The number of nitrogen functional groups attached to an aromatic ring is 1. The molecule has 1 amide bonds. The number of nitrogens with one attached hydrogen (secondary N) is 1. The molecule has 0 saturated heterocycles. The van der Waals surface area contributed by atoms with E-state index in [4.69, 9.17) is 10.3 Å². The molecule has 0 unspecified atom stereocenters. The van der Waals surface area contributed by atoms with Crippen LogP contribution in [0.3, 0.4) is 0 Å². The van der Waals surface area contributed by atoms with Gasteiger partial charge in [-0.2, -0.15) is 0 Å². The third kappa shape index (κ3) is 4.92. The number of hydrogen-bond donors (Lipinski definition) is 2. The van der Waals surface area contributed by atoms with Crippen LogP contribution in [0.4, 0.5) is 11.4 Å². The highest BCUT2D eigenvalue weighted by atomic mass is 16.5. The van der Waals surface area contributed by atoms with E-state index in [0.717, 1.165) is 17.1 Å². The van der Waals surface area contributed by atoms with Crippen molar-refractivity contribution in [1.29, 1.82) is 0 Å². The Kier molecular flexibility index (Phi) is 4.94. The Balaban J connectivity index is 1.75. The van der Waals surface area contributed by atoms with Gasteiger partial charge in [0.05, 0.1) is 5.69 Å². The summed E-state index contributed by atoms with van der Waals surface area (Å²) in [4.78, 5) is 13.9. The lowest BCUT2D eigenvalue weighted by atomic mass is 10.2. The second-order valence-corrected chi connectivity index (χ2v) is 5.09. The minimum absolute atomic E-state index is 0.0382. The van der Waals surface area contributed by atoms with Gasteiger partial charge in [-0.1, -0.05) is 11.2 Å². The SMILES string of the molecule is Cc1cc(CN(C)CCC(=O)Nc2cccc(N)c2)no1. The van der Waals surface area contributed by atoms with E-state index < -0.39 is 0 Å². The second kappa shape index (κ2) is 6.90. The second-order valence-electron chi connectivity index (χ2n) is 5.09. The van der Waals surface area contributed by atoms with Crippen molar-refractivity contribution in [2.75, 3.05) is 24.6 Å². The summed E-state index contributed by atoms with van der Waals surface area (Å²) >= 11 is 0. The van der Waals surface area contributed by atoms with Gasteiger partial charge in [0, 0.05) is 37.0 Å². The van der Waals surface area contributed by atoms with Crippen molar-refractivity contribution in [3.63, 3.8) is 0 Å². The van der Waals surface area contributed by atoms with Crippen molar-refractivity contribution in [1.82, 2.24) is 10.1 Å². The van der Waals surface area contributed by atoms with E-state index in [9.17, 15) is 4.79 Å². The van der Waals surface area contributed by atoms with Crippen LogP contribution in [0.5, 0.6) is 0 Å². The minimum Gasteiger partial charge on any atom is -0.399 e. The maximum atomic E-state index is 11.9. The van der Waals surface area contributed by atoms with Crippen molar-refractivity contribution in [2.24, 2.45) is 0 Å². The van der Waals surface area contributed by atoms with Gasteiger partial charge in [0.1, 0.15) is 5.76 Å². The van der Waals surface area contributed by atoms with Crippen LogP contribution in [-0.4, -0.2) is 29.6 Å². The van der Waals surface area contributed by atoms with E-state index in [2.05, 4.69) is 10.5 Å². The highest BCUT2D eigenvalue weighted by Gasteiger charge is 2.08. The topological polar surface area (TPSA) is 84.4 Å². The van der Waals surface area contributed by atoms with E-state index in [0.29, 0.717) is 25.2 Å². The van der Waals surface area contributed by atoms with Gasteiger partial charge in [-0.3, -0.25) is 9.69 Å². The number of hydrogen-bond acceptors (Lipinski definition) is 5. The number of carbonyl (C=O) groups is 1. The Morgan fingerprint density at radius 1 is 1.43 bits per heavy atom. The van der Waals surface area contributed by atoms with Crippen LogP contribution in [0.1, 0.15) is 17.9 Å². The van der Waals surface area contributed by atoms with Crippen molar-refractivity contribution < 1.29 is 9.32 Å². The number of benzene rings is 1. The fourth-order valence-corrected chi connectivity index (χ4v) is 1.98. The zero-order valence-corrected chi connectivity index (χ0v) is 12.3. The molecule has 0 bridgehead atoms. The third-order valence-electron chi connectivity index (χ3n) is 3.00. The van der Waals surface area contributed by atoms with Gasteiger partial charge in [-0.15, -0.1) is 0 Å². The molecule has 0 saturated carbocycles. The summed E-state index contributed by atoms with van der Waals surface area (Å²) in [6.45, 7) is 3.15. The van der Waals surface area contributed by atoms with Crippen LogP contribution in [0.15, 0.2) is 34.9 Å². The maximum absolute atomic E-state index is 11.9. The van der Waals surface area contributed by atoms with E-state index in [1.165, 1.54) is 0 Å². The van der Waals surface area contributed by atoms with Gasteiger partial charge < -0.3 is 15.6 Å². The number of carbonyl (C=O) groups excluding carboxylic acids is 1. The molecule has 3 N–H and O–H groups in total. The van der Waals surface area contributed by atoms with Crippen molar-refractivity contribution in [3.8, 4) is 0 Å². The lowest BCUT2D eigenvalue weighted by molar-refractivity contribution is -0.116. The van der Waals surface area contributed by atoms with Crippen LogP contribution < -0.4 is 11.1 Å². The van der Waals surface area contributed by atoms with E-state index in [1.807, 2.05) is 37.1 Å². The number of amides is 1. The Morgan fingerprint density at radius 3 is 2.90 bits per heavy atom. The van der Waals surface area contributed by atoms with Crippen LogP contribution in [0.25, 0.3) is 0 Å². The van der Waals surface area contributed by atoms with Gasteiger partial charge in [0.25, 0.3) is 0 Å². The Labute approximate surface area is 123 Å². The van der Waals surface area contributed by atoms with Crippen LogP contribution in [0.2, 0.25) is 0 Å². The highest BCUT2D eigenvalue weighted by Crippen LogP contribution is 2.12.